The molecule has 0 saturated carbocycles. The number of hydrogen-bond acceptors (Lipinski definition) is 5. The highest BCUT2D eigenvalue weighted by molar-refractivity contribution is 6.35. The number of para-hydroxylation sites is 1. The summed E-state index contributed by atoms with van der Waals surface area (Å²) in [6.45, 7) is 5.90. The Morgan fingerprint density at radius 2 is 1.32 bits per heavy atom. The lowest BCUT2D eigenvalue weighted by Crippen LogP contribution is -2.56. The average Bonchev–Trinajstić information content (AvgIpc) is 2.68. The molecule has 2 saturated heterocycles. The Kier molecular flexibility index (Phi) is 5.88. The second kappa shape index (κ2) is 8.31. The molecule has 1 N–H and O–H groups in total. The van der Waals surface area contributed by atoms with Crippen LogP contribution in [-0.4, -0.2) is 97.1 Å². The van der Waals surface area contributed by atoms with Crippen molar-refractivity contribution in [3.8, 4) is 0 Å². The van der Waals surface area contributed by atoms with Gasteiger partial charge in [0, 0.05) is 64.6 Å². The SMILES string of the molecule is O=C(C(=O)N1CCN(c2ccccc2)CC1)N1CCN(CCO)CC1. The maximum Gasteiger partial charge on any atom is 0.312 e. The number of carbonyl (C=O) groups is 2. The Balaban J connectivity index is 1.48. The van der Waals surface area contributed by atoms with Crippen LogP contribution < -0.4 is 4.90 Å². The Hall–Kier alpha value is -2.12. The first-order chi connectivity index (χ1) is 12.2. The van der Waals surface area contributed by atoms with Crippen LogP contribution in [0.3, 0.4) is 0 Å². The summed E-state index contributed by atoms with van der Waals surface area (Å²) in [5, 5.41) is 8.97. The summed E-state index contributed by atoms with van der Waals surface area (Å²) in [7, 11) is 0. The number of aliphatic hydroxyl groups is 1. The zero-order valence-corrected chi connectivity index (χ0v) is 14.5. The van der Waals surface area contributed by atoms with Gasteiger partial charge in [0.1, 0.15) is 0 Å². The molecule has 25 heavy (non-hydrogen) atoms. The van der Waals surface area contributed by atoms with E-state index in [0.717, 1.165) is 18.8 Å². The number of amides is 2. The molecule has 0 spiro atoms. The molecule has 2 aliphatic rings. The highest BCUT2D eigenvalue weighted by Gasteiger charge is 2.31. The molecular weight excluding hydrogens is 320 g/mol. The maximum atomic E-state index is 12.5. The summed E-state index contributed by atoms with van der Waals surface area (Å²) in [4.78, 5) is 32.6. The van der Waals surface area contributed by atoms with Crippen molar-refractivity contribution in [3.63, 3.8) is 0 Å². The molecule has 3 rings (SSSR count). The van der Waals surface area contributed by atoms with Gasteiger partial charge in [-0.15, -0.1) is 0 Å². The summed E-state index contributed by atoms with van der Waals surface area (Å²) in [6, 6.07) is 10.1. The van der Waals surface area contributed by atoms with Crippen molar-refractivity contribution in [3.05, 3.63) is 30.3 Å². The normalized spacial score (nSPS) is 19.2. The van der Waals surface area contributed by atoms with E-state index in [1.54, 1.807) is 9.80 Å². The number of hydrogen-bond donors (Lipinski definition) is 1. The number of carbonyl (C=O) groups excluding carboxylic acids is 2. The van der Waals surface area contributed by atoms with Gasteiger partial charge in [-0.2, -0.15) is 0 Å². The standard InChI is InChI=1S/C18H26N4O3/c23-15-14-19-6-8-21(9-7-19)17(24)18(25)22-12-10-20(11-13-22)16-4-2-1-3-5-16/h1-5,23H,6-15H2. The molecule has 2 fully saturated rings. The summed E-state index contributed by atoms with van der Waals surface area (Å²) >= 11 is 0. The Morgan fingerprint density at radius 3 is 1.84 bits per heavy atom. The van der Waals surface area contributed by atoms with Gasteiger partial charge in [0.25, 0.3) is 0 Å². The van der Waals surface area contributed by atoms with Gasteiger partial charge in [-0.1, -0.05) is 18.2 Å². The lowest BCUT2D eigenvalue weighted by molar-refractivity contribution is -0.153. The van der Waals surface area contributed by atoms with Gasteiger partial charge in [0.05, 0.1) is 6.61 Å². The fourth-order valence-electron chi connectivity index (χ4n) is 3.39. The summed E-state index contributed by atoms with van der Waals surface area (Å²) < 4.78 is 0. The topological polar surface area (TPSA) is 67.3 Å². The first-order valence-electron chi connectivity index (χ1n) is 8.90. The Labute approximate surface area is 148 Å². The van der Waals surface area contributed by atoms with Gasteiger partial charge in [-0.05, 0) is 12.1 Å². The van der Waals surface area contributed by atoms with Gasteiger partial charge >= 0.3 is 11.8 Å². The minimum absolute atomic E-state index is 0.124. The number of rotatable bonds is 3. The second-order valence-corrected chi connectivity index (χ2v) is 6.47. The van der Waals surface area contributed by atoms with Crippen molar-refractivity contribution in [1.29, 1.82) is 0 Å². The zero-order chi connectivity index (χ0) is 17.6. The van der Waals surface area contributed by atoms with Crippen molar-refractivity contribution >= 4 is 17.5 Å². The van der Waals surface area contributed by atoms with Gasteiger partial charge in [0.15, 0.2) is 0 Å². The molecule has 7 heteroatoms. The predicted molar refractivity (Wildman–Crippen MR) is 95.3 cm³/mol. The highest BCUT2D eigenvalue weighted by Crippen LogP contribution is 2.16. The number of aliphatic hydroxyl groups excluding tert-OH is 1. The number of β-amino-alcohol motifs (C(OH)–C–C–N with tert-alkyl or cyclic N) is 1. The molecule has 0 atom stereocenters. The number of anilines is 1. The number of nitrogens with zero attached hydrogens (tertiary/aromatic N) is 4. The van der Waals surface area contributed by atoms with Gasteiger partial charge in [-0.3, -0.25) is 14.5 Å². The van der Waals surface area contributed by atoms with E-state index in [0.29, 0.717) is 45.8 Å². The molecule has 0 radical (unpaired) electrons. The fourth-order valence-corrected chi connectivity index (χ4v) is 3.39. The van der Waals surface area contributed by atoms with Crippen molar-refractivity contribution in [2.45, 2.75) is 0 Å². The molecular formula is C18H26N4O3. The average molecular weight is 346 g/mol. The van der Waals surface area contributed by atoms with E-state index in [4.69, 9.17) is 5.11 Å². The van der Waals surface area contributed by atoms with E-state index in [2.05, 4.69) is 21.9 Å². The van der Waals surface area contributed by atoms with Crippen LogP contribution in [0.2, 0.25) is 0 Å². The molecule has 0 unspecified atom stereocenters. The summed E-state index contributed by atoms with van der Waals surface area (Å²) in [5.74, 6) is -0.778. The molecule has 0 aromatic heterocycles. The molecule has 1 aromatic carbocycles. The van der Waals surface area contributed by atoms with Crippen molar-refractivity contribution in [1.82, 2.24) is 14.7 Å². The third-order valence-corrected chi connectivity index (χ3v) is 4.95. The second-order valence-electron chi connectivity index (χ2n) is 6.47. The van der Waals surface area contributed by atoms with E-state index in [-0.39, 0.29) is 12.5 Å². The van der Waals surface area contributed by atoms with E-state index < -0.39 is 5.91 Å². The van der Waals surface area contributed by atoms with Crippen LogP contribution in [0.1, 0.15) is 0 Å². The van der Waals surface area contributed by atoms with Gasteiger partial charge in [0.2, 0.25) is 0 Å². The van der Waals surface area contributed by atoms with E-state index in [9.17, 15) is 9.59 Å². The minimum atomic E-state index is -0.392. The maximum absolute atomic E-state index is 12.5. The van der Waals surface area contributed by atoms with Crippen LogP contribution in [0.4, 0.5) is 5.69 Å². The van der Waals surface area contributed by atoms with Crippen LogP contribution in [0.5, 0.6) is 0 Å². The molecule has 136 valence electrons. The number of benzene rings is 1. The molecule has 2 aliphatic heterocycles. The molecule has 2 heterocycles. The molecule has 0 bridgehead atoms. The largest absolute Gasteiger partial charge is 0.395 e. The van der Waals surface area contributed by atoms with E-state index in [1.165, 1.54) is 0 Å². The molecule has 0 aliphatic carbocycles. The van der Waals surface area contributed by atoms with Gasteiger partial charge in [-0.25, -0.2) is 0 Å². The molecule has 7 nitrogen and oxygen atoms in total. The first-order valence-corrected chi connectivity index (χ1v) is 8.90. The predicted octanol–water partition coefficient (Wildman–Crippen LogP) is -0.528. The van der Waals surface area contributed by atoms with Crippen molar-refractivity contribution < 1.29 is 14.7 Å². The van der Waals surface area contributed by atoms with Crippen LogP contribution in [0.15, 0.2) is 30.3 Å². The summed E-state index contributed by atoms with van der Waals surface area (Å²) in [6.07, 6.45) is 0. The van der Waals surface area contributed by atoms with Crippen molar-refractivity contribution in [2.75, 3.05) is 70.4 Å². The Morgan fingerprint density at radius 1 is 0.800 bits per heavy atom. The van der Waals surface area contributed by atoms with Gasteiger partial charge < -0.3 is 19.8 Å². The van der Waals surface area contributed by atoms with Crippen LogP contribution in [0, 0.1) is 0 Å². The van der Waals surface area contributed by atoms with Crippen LogP contribution in [0.25, 0.3) is 0 Å². The van der Waals surface area contributed by atoms with E-state index >= 15 is 0 Å². The summed E-state index contributed by atoms with van der Waals surface area (Å²) in [5.41, 5.74) is 1.15. The molecule has 2 amide bonds. The third-order valence-electron chi connectivity index (χ3n) is 4.95. The monoisotopic (exact) mass is 346 g/mol. The first kappa shape index (κ1) is 17.7. The zero-order valence-electron chi connectivity index (χ0n) is 14.5. The van der Waals surface area contributed by atoms with E-state index in [1.807, 2.05) is 18.2 Å². The fraction of sp³-hybridized carbons (Fsp3) is 0.556. The Bertz CT molecular complexity index is 579. The van der Waals surface area contributed by atoms with Crippen LogP contribution >= 0.6 is 0 Å². The lowest BCUT2D eigenvalue weighted by atomic mass is 10.2. The lowest BCUT2D eigenvalue weighted by Gasteiger charge is -2.38. The third kappa shape index (κ3) is 4.29. The smallest absolute Gasteiger partial charge is 0.312 e. The number of piperazine rings is 2. The highest BCUT2D eigenvalue weighted by atomic mass is 16.3. The van der Waals surface area contributed by atoms with Crippen LogP contribution in [-0.2, 0) is 9.59 Å². The molecule has 1 aromatic rings. The minimum Gasteiger partial charge on any atom is -0.395 e. The van der Waals surface area contributed by atoms with Crippen molar-refractivity contribution in [2.24, 2.45) is 0 Å². The quantitative estimate of drug-likeness (QED) is 0.746.